The van der Waals surface area contributed by atoms with E-state index in [9.17, 15) is 4.79 Å². The van der Waals surface area contributed by atoms with Crippen molar-refractivity contribution in [3.05, 3.63) is 65.9 Å². The number of nitrogens with zero attached hydrogens (tertiary/aromatic N) is 1. The second-order valence-corrected chi connectivity index (χ2v) is 7.66. The van der Waals surface area contributed by atoms with Crippen LogP contribution in [-0.2, 0) is 11.2 Å². The molecule has 29 heavy (non-hydrogen) atoms. The van der Waals surface area contributed by atoms with Crippen LogP contribution >= 0.6 is 0 Å². The van der Waals surface area contributed by atoms with Crippen molar-refractivity contribution in [2.75, 3.05) is 26.7 Å². The summed E-state index contributed by atoms with van der Waals surface area (Å²) in [5, 5.41) is 4.37. The number of carbonyl (C=O) groups excluding carboxylic acids is 1. The van der Waals surface area contributed by atoms with Crippen molar-refractivity contribution >= 4 is 16.8 Å². The fraction of sp³-hybridized carbons (Fsp3) is 0.375. The Hall–Kier alpha value is -2.79. The highest BCUT2D eigenvalue weighted by molar-refractivity contribution is 5.84. The molecule has 0 radical (unpaired) electrons. The maximum Gasteiger partial charge on any atom is 0.220 e. The molecule has 4 rings (SSSR count). The van der Waals surface area contributed by atoms with Crippen LogP contribution in [0, 0.1) is 0 Å². The first-order valence-corrected chi connectivity index (χ1v) is 10.4. The molecule has 1 atom stereocenters. The van der Waals surface area contributed by atoms with Gasteiger partial charge in [0.15, 0.2) is 0 Å². The van der Waals surface area contributed by atoms with Gasteiger partial charge in [-0.2, -0.15) is 0 Å². The molecule has 1 aliphatic heterocycles. The number of methoxy groups -OCH3 is 1. The Morgan fingerprint density at radius 1 is 1.14 bits per heavy atom. The molecule has 2 heterocycles. The van der Waals surface area contributed by atoms with Crippen LogP contribution in [0.5, 0.6) is 5.75 Å². The molecule has 2 N–H and O–H groups in total. The second kappa shape index (κ2) is 9.14. The number of likely N-dealkylation sites (tertiary alicyclic amines) is 1. The summed E-state index contributed by atoms with van der Waals surface area (Å²) in [4.78, 5) is 18.3. The molecular weight excluding hydrogens is 362 g/mol. The highest BCUT2D eigenvalue weighted by atomic mass is 16.5. The van der Waals surface area contributed by atoms with Crippen molar-refractivity contribution in [3.63, 3.8) is 0 Å². The average molecular weight is 392 g/mol. The van der Waals surface area contributed by atoms with E-state index in [1.54, 1.807) is 7.11 Å². The lowest BCUT2D eigenvalue weighted by Crippen LogP contribution is -2.37. The minimum absolute atomic E-state index is 0.0920. The zero-order chi connectivity index (χ0) is 20.1. The molecule has 5 nitrogen and oxygen atoms in total. The van der Waals surface area contributed by atoms with E-state index in [0.717, 1.165) is 36.3 Å². The van der Waals surface area contributed by atoms with E-state index in [2.05, 4.69) is 33.4 Å². The van der Waals surface area contributed by atoms with Crippen molar-refractivity contribution in [2.45, 2.75) is 31.7 Å². The second-order valence-electron chi connectivity index (χ2n) is 7.66. The smallest absolute Gasteiger partial charge is 0.220 e. The number of aromatic nitrogens is 1. The largest absolute Gasteiger partial charge is 0.496 e. The van der Waals surface area contributed by atoms with Crippen molar-refractivity contribution in [1.82, 2.24) is 15.2 Å². The van der Waals surface area contributed by atoms with Gasteiger partial charge in [-0.3, -0.25) is 9.69 Å². The van der Waals surface area contributed by atoms with Crippen LogP contribution < -0.4 is 10.1 Å². The number of fused-ring (bicyclic) bond motifs is 1. The number of carbonyl (C=O) groups is 1. The van der Waals surface area contributed by atoms with Crippen LogP contribution in [0.4, 0.5) is 0 Å². The summed E-state index contributed by atoms with van der Waals surface area (Å²) in [6.45, 7) is 2.73. The van der Waals surface area contributed by atoms with Gasteiger partial charge in [0, 0.05) is 35.6 Å². The number of rotatable bonds is 8. The van der Waals surface area contributed by atoms with E-state index in [0.29, 0.717) is 13.0 Å². The Balaban J connectivity index is 1.39. The Morgan fingerprint density at radius 3 is 2.72 bits per heavy atom. The van der Waals surface area contributed by atoms with Crippen molar-refractivity contribution < 1.29 is 9.53 Å². The SMILES string of the molecule is COc1ccccc1[C@@H](CNC(=O)CCc1c[nH]c2ccccc12)N1CCCC1. The number of para-hydroxylation sites is 2. The first-order valence-electron chi connectivity index (χ1n) is 10.4. The Kier molecular flexibility index (Phi) is 6.15. The minimum atomic E-state index is 0.0920. The lowest BCUT2D eigenvalue weighted by Gasteiger charge is -2.29. The molecule has 0 spiro atoms. The van der Waals surface area contributed by atoms with Crippen LogP contribution in [-0.4, -0.2) is 42.5 Å². The van der Waals surface area contributed by atoms with E-state index < -0.39 is 0 Å². The van der Waals surface area contributed by atoms with Crippen LogP contribution in [0.25, 0.3) is 10.9 Å². The summed E-state index contributed by atoms with van der Waals surface area (Å²) >= 11 is 0. The van der Waals surface area contributed by atoms with Crippen LogP contribution in [0.2, 0.25) is 0 Å². The van der Waals surface area contributed by atoms with Gasteiger partial charge >= 0.3 is 0 Å². The van der Waals surface area contributed by atoms with Gasteiger partial charge in [-0.05, 0) is 50.0 Å². The van der Waals surface area contributed by atoms with E-state index in [4.69, 9.17) is 4.74 Å². The Morgan fingerprint density at radius 2 is 1.90 bits per heavy atom. The van der Waals surface area contributed by atoms with E-state index in [1.807, 2.05) is 36.5 Å². The van der Waals surface area contributed by atoms with Crippen LogP contribution in [0.3, 0.4) is 0 Å². The predicted octanol–water partition coefficient (Wildman–Crippen LogP) is 4.06. The minimum Gasteiger partial charge on any atom is -0.496 e. The molecule has 1 fully saturated rings. The van der Waals surface area contributed by atoms with Crippen molar-refractivity contribution in [1.29, 1.82) is 0 Å². The first kappa shape index (κ1) is 19.5. The molecule has 1 aromatic heterocycles. The molecule has 1 amide bonds. The number of ether oxygens (including phenoxy) is 1. The summed E-state index contributed by atoms with van der Waals surface area (Å²) in [5.41, 5.74) is 3.46. The molecular formula is C24H29N3O2. The molecule has 1 aliphatic rings. The number of nitrogens with one attached hydrogen (secondary N) is 2. The normalized spacial score (nSPS) is 15.5. The van der Waals surface area contributed by atoms with E-state index in [-0.39, 0.29) is 11.9 Å². The van der Waals surface area contributed by atoms with Gasteiger partial charge in [0.2, 0.25) is 5.91 Å². The van der Waals surface area contributed by atoms with Gasteiger partial charge in [-0.15, -0.1) is 0 Å². The highest BCUT2D eigenvalue weighted by Gasteiger charge is 2.26. The molecule has 0 saturated carbocycles. The summed E-state index contributed by atoms with van der Waals surface area (Å²) in [6.07, 6.45) is 5.65. The van der Waals surface area contributed by atoms with Gasteiger partial charge in [0.25, 0.3) is 0 Å². The fourth-order valence-electron chi connectivity index (χ4n) is 4.32. The van der Waals surface area contributed by atoms with Crippen LogP contribution in [0.1, 0.15) is 36.4 Å². The number of hydrogen-bond donors (Lipinski definition) is 2. The third kappa shape index (κ3) is 4.46. The Bertz CT molecular complexity index is 959. The molecule has 2 aromatic carbocycles. The van der Waals surface area contributed by atoms with Gasteiger partial charge in [-0.1, -0.05) is 36.4 Å². The number of amides is 1. The van der Waals surface area contributed by atoms with E-state index in [1.165, 1.54) is 23.8 Å². The van der Waals surface area contributed by atoms with Crippen molar-refractivity contribution in [2.24, 2.45) is 0 Å². The number of aryl methyl sites for hydroxylation is 1. The summed E-state index contributed by atoms with van der Waals surface area (Å²) < 4.78 is 5.59. The molecule has 0 aliphatic carbocycles. The standard InChI is InChI=1S/C24H29N3O2/c1-29-23-11-5-3-9-20(23)22(27-14-6-7-15-27)17-26-24(28)13-12-18-16-25-21-10-4-2-8-19(18)21/h2-5,8-11,16,22,25H,6-7,12-15,17H2,1H3,(H,26,28)/t22-/m1/s1. The maximum atomic E-state index is 12.6. The predicted molar refractivity (Wildman–Crippen MR) is 116 cm³/mol. The van der Waals surface area contributed by atoms with Crippen LogP contribution in [0.15, 0.2) is 54.7 Å². The highest BCUT2D eigenvalue weighted by Crippen LogP contribution is 2.31. The zero-order valence-corrected chi connectivity index (χ0v) is 17.0. The van der Waals surface area contributed by atoms with Crippen molar-refractivity contribution in [3.8, 4) is 5.75 Å². The topological polar surface area (TPSA) is 57.4 Å². The lowest BCUT2D eigenvalue weighted by atomic mass is 10.0. The zero-order valence-electron chi connectivity index (χ0n) is 17.0. The molecule has 0 bridgehead atoms. The third-order valence-electron chi connectivity index (χ3n) is 5.87. The number of hydrogen-bond acceptors (Lipinski definition) is 3. The fourth-order valence-corrected chi connectivity index (χ4v) is 4.32. The van der Waals surface area contributed by atoms with E-state index >= 15 is 0 Å². The number of H-pyrrole nitrogens is 1. The average Bonchev–Trinajstić information content (AvgIpc) is 3.43. The number of benzene rings is 2. The monoisotopic (exact) mass is 391 g/mol. The summed E-state index contributed by atoms with van der Waals surface area (Å²) in [7, 11) is 1.71. The number of aromatic amines is 1. The summed E-state index contributed by atoms with van der Waals surface area (Å²) in [5.74, 6) is 0.979. The third-order valence-corrected chi connectivity index (χ3v) is 5.87. The van der Waals surface area contributed by atoms with Gasteiger partial charge in [-0.25, -0.2) is 0 Å². The molecule has 5 heteroatoms. The van der Waals surface area contributed by atoms with Gasteiger partial charge in [0.05, 0.1) is 13.2 Å². The quantitative estimate of drug-likeness (QED) is 0.609. The molecule has 152 valence electrons. The molecule has 3 aromatic rings. The Labute approximate surface area is 172 Å². The molecule has 0 unspecified atom stereocenters. The van der Waals surface area contributed by atoms with Gasteiger partial charge < -0.3 is 15.0 Å². The van der Waals surface area contributed by atoms with Gasteiger partial charge in [0.1, 0.15) is 5.75 Å². The molecule has 1 saturated heterocycles. The summed E-state index contributed by atoms with van der Waals surface area (Å²) in [6, 6.07) is 16.5. The lowest BCUT2D eigenvalue weighted by molar-refractivity contribution is -0.121. The first-order chi connectivity index (χ1) is 14.3. The maximum absolute atomic E-state index is 12.6.